The van der Waals surface area contributed by atoms with Crippen molar-refractivity contribution in [2.75, 3.05) is 59.7 Å². The molecule has 9 nitrogen and oxygen atoms in total. The van der Waals surface area contributed by atoms with E-state index in [9.17, 15) is 14.7 Å². The smallest absolute Gasteiger partial charge is 0.295 e. The summed E-state index contributed by atoms with van der Waals surface area (Å²) >= 11 is 0. The first-order valence-electron chi connectivity index (χ1n) is 12.7. The standard InChI is InChI=1S/C28H34N2O7/c1-4-36-21-9-6-19(7-10-21)26(31)24-25(20-8-11-22(37-5-2)23(18-20)34-3)30(28(33)27(24)32)13-12-29-14-16-35-17-15-29/h6-11,18,25,31H,4-5,12-17H2,1-3H3. The third-order valence-corrected chi connectivity index (χ3v) is 6.67. The minimum atomic E-state index is -0.830. The fourth-order valence-electron chi connectivity index (χ4n) is 4.79. The SMILES string of the molecule is CCOc1ccc(C([O-])=C2C(=O)C(=O)N(CC[NH+]3CCOCC3)C2c2ccc(OCC)c(OC)c2)cc1. The van der Waals surface area contributed by atoms with Crippen LogP contribution in [0.2, 0.25) is 0 Å². The summed E-state index contributed by atoms with van der Waals surface area (Å²) in [6.45, 7) is 8.68. The van der Waals surface area contributed by atoms with Gasteiger partial charge in [0.25, 0.3) is 5.91 Å². The maximum Gasteiger partial charge on any atom is 0.295 e. The fourth-order valence-corrected chi connectivity index (χ4v) is 4.79. The molecule has 1 unspecified atom stereocenters. The van der Waals surface area contributed by atoms with Crippen LogP contribution in [-0.2, 0) is 14.3 Å². The van der Waals surface area contributed by atoms with Gasteiger partial charge in [0.2, 0.25) is 5.78 Å². The summed E-state index contributed by atoms with van der Waals surface area (Å²) in [5.41, 5.74) is 0.881. The van der Waals surface area contributed by atoms with Gasteiger partial charge in [-0.05, 0) is 49.2 Å². The van der Waals surface area contributed by atoms with Crippen molar-refractivity contribution in [3.05, 3.63) is 59.2 Å². The molecule has 2 aliphatic heterocycles. The fraction of sp³-hybridized carbons (Fsp3) is 0.429. The van der Waals surface area contributed by atoms with E-state index >= 15 is 0 Å². The van der Waals surface area contributed by atoms with Crippen LogP contribution in [0.4, 0.5) is 0 Å². The van der Waals surface area contributed by atoms with E-state index in [2.05, 4.69) is 0 Å². The van der Waals surface area contributed by atoms with Gasteiger partial charge >= 0.3 is 0 Å². The Labute approximate surface area is 217 Å². The first kappa shape index (κ1) is 26.5. The molecule has 0 aliphatic carbocycles. The molecule has 0 bridgehead atoms. The Morgan fingerprint density at radius 3 is 2.38 bits per heavy atom. The molecule has 2 heterocycles. The molecule has 2 aromatic carbocycles. The highest BCUT2D eigenvalue weighted by Gasteiger charge is 2.44. The second kappa shape index (κ2) is 12.1. The van der Waals surface area contributed by atoms with Gasteiger partial charge in [-0.3, -0.25) is 9.59 Å². The molecule has 0 spiro atoms. The Morgan fingerprint density at radius 1 is 1.03 bits per heavy atom. The first-order valence-corrected chi connectivity index (χ1v) is 12.7. The number of carbonyl (C=O) groups is 2. The normalized spacial score (nSPS) is 19.8. The maximum absolute atomic E-state index is 13.7. The number of carbonyl (C=O) groups excluding carboxylic acids is 2. The van der Waals surface area contributed by atoms with Crippen LogP contribution in [0.25, 0.3) is 5.76 Å². The number of Topliss-reactive ketones (excluding diaryl/α,β-unsaturated/α-hetero) is 1. The number of rotatable bonds is 10. The van der Waals surface area contributed by atoms with Crippen LogP contribution < -0.4 is 24.2 Å². The molecule has 9 heteroatoms. The molecular formula is C28H34N2O7. The molecular weight excluding hydrogens is 476 g/mol. The molecule has 2 aliphatic rings. The molecule has 1 N–H and O–H groups in total. The number of nitrogens with zero attached hydrogens (tertiary/aromatic N) is 1. The van der Waals surface area contributed by atoms with Gasteiger partial charge in [-0.25, -0.2) is 0 Å². The highest BCUT2D eigenvalue weighted by atomic mass is 16.5. The molecule has 1 amide bonds. The van der Waals surface area contributed by atoms with E-state index in [1.54, 1.807) is 42.5 Å². The lowest BCUT2D eigenvalue weighted by molar-refractivity contribution is -0.907. The lowest BCUT2D eigenvalue weighted by atomic mass is 9.95. The van der Waals surface area contributed by atoms with E-state index in [-0.39, 0.29) is 5.57 Å². The number of morpholine rings is 1. The zero-order valence-corrected chi connectivity index (χ0v) is 21.6. The number of likely N-dealkylation sites (tertiary alicyclic amines) is 1. The van der Waals surface area contributed by atoms with Crippen LogP contribution in [0, 0.1) is 0 Å². The predicted octanol–water partition coefficient (Wildman–Crippen LogP) is 0.632. The average molecular weight is 511 g/mol. The third-order valence-electron chi connectivity index (χ3n) is 6.67. The molecule has 37 heavy (non-hydrogen) atoms. The molecule has 2 aromatic rings. The molecule has 2 fully saturated rings. The van der Waals surface area contributed by atoms with E-state index in [1.165, 1.54) is 16.9 Å². The van der Waals surface area contributed by atoms with Crippen molar-refractivity contribution >= 4 is 17.4 Å². The Balaban J connectivity index is 1.75. The highest BCUT2D eigenvalue weighted by molar-refractivity contribution is 6.46. The average Bonchev–Trinajstić information content (AvgIpc) is 3.18. The number of nitrogens with one attached hydrogen (secondary N) is 1. The van der Waals surface area contributed by atoms with E-state index in [4.69, 9.17) is 18.9 Å². The number of amides is 1. The van der Waals surface area contributed by atoms with Crippen molar-refractivity contribution < 1.29 is 38.5 Å². The molecule has 0 radical (unpaired) electrons. The summed E-state index contributed by atoms with van der Waals surface area (Å²) in [5, 5.41) is 13.7. The van der Waals surface area contributed by atoms with Crippen molar-refractivity contribution in [1.29, 1.82) is 0 Å². The summed E-state index contributed by atoms with van der Waals surface area (Å²) in [7, 11) is 1.53. The van der Waals surface area contributed by atoms with Gasteiger partial charge in [-0.2, -0.15) is 0 Å². The lowest BCUT2D eigenvalue weighted by Crippen LogP contribution is -3.14. The second-order valence-electron chi connectivity index (χ2n) is 8.89. The Kier molecular flexibility index (Phi) is 8.68. The number of hydrogen-bond donors (Lipinski definition) is 1. The van der Waals surface area contributed by atoms with Crippen molar-refractivity contribution in [2.24, 2.45) is 0 Å². The minimum absolute atomic E-state index is 0.0580. The highest BCUT2D eigenvalue weighted by Crippen LogP contribution is 2.41. The van der Waals surface area contributed by atoms with Crippen LogP contribution >= 0.6 is 0 Å². The van der Waals surface area contributed by atoms with E-state index in [0.29, 0.717) is 67.9 Å². The zero-order valence-electron chi connectivity index (χ0n) is 21.6. The molecule has 2 saturated heterocycles. The number of ether oxygens (including phenoxy) is 4. The van der Waals surface area contributed by atoms with Gasteiger partial charge in [0, 0.05) is 5.57 Å². The first-order chi connectivity index (χ1) is 18.0. The third kappa shape index (κ3) is 5.73. The van der Waals surface area contributed by atoms with Gasteiger partial charge in [0.1, 0.15) is 18.8 Å². The van der Waals surface area contributed by atoms with Crippen molar-refractivity contribution in [1.82, 2.24) is 4.90 Å². The van der Waals surface area contributed by atoms with Gasteiger partial charge in [0.15, 0.2) is 11.5 Å². The summed E-state index contributed by atoms with van der Waals surface area (Å²) in [6, 6.07) is 11.0. The van der Waals surface area contributed by atoms with E-state index in [0.717, 1.165) is 13.1 Å². The Bertz CT molecular complexity index is 1140. The second-order valence-corrected chi connectivity index (χ2v) is 8.89. The molecule has 4 rings (SSSR count). The number of quaternary nitrogens is 1. The molecule has 0 aromatic heterocycles. The Morgan fingerprint density at radius 2 is 1.73 bits per heavy atom. The van der Waals surface area contributed by atoms with E-state index < -0.39 is 23.5 Å². The van der Waals surface area contributed by atoms with E-state index in [1.807, 2.05) is 13.8 Å². The minimum Gasteiger partial charge on any atom is -0.872 e. The van der Waals surface area contributed by atoms with Gasteiger partial charge in [-0.15, -0.1) is 0 Å². The predicted molar refractivity (Wildman–Crippen MR) is 135 cm³/mol. The molecule has 1 atom stereocenters. The monoisotopic (exact) mass is 510 g/mol. The summed E-state index contributed by atoms with van der Waals surface area (Å²) in [5.74, 6) is -0.263. The van der Waals surface area contributed by atoms with Crippen LogP contribution in [0.5, 0.6) is 17.2 Å². The summed E-state index contributed by atoms with van der Waals surface area (Å²) < 4.78 is 22.1. The van der Waals surface area contributed by atoms with Crippen LogP contribution in [0.3, 0.4) is 0 Å². The summed E-state index contributed by atoms with van der Waals surface area (Å²) in [6.07, 6.45) is 0. The van der Waals surface area contributed by atoms with Gasteiger partial charge in [-0.1, -0.05) is 24.0 Å². The van der Waals surface area contributed by atoms with Gasteiger partial charge in [0.05, 0.1) is 52.7 Å². The zero-order chi connectivity index (χ0) is 26.4. The number of ketones is 1. The van der Waals surface area contributed by atoms with Crippen LogP contribution in [-0.4, -0.2) is 76.3 Å². The van der Waals surface area contributed by atoms with Crippen molar-refractivity contribution in [2.45, 2.75) is 19.9 Å². The van der Waals surface area contributed by atoms with Crippen molar-refractivity contribution in [3.63, 3.8) is 0 Å². The maximum atomic E-state index is 13.7. The lowest BCUT2D eigenvalue weighted by Gasteiger charge is -2.30. The number of benzene rings is 2. The molecule has 198 valence electrons. The largest absolute Gasteiger partial charge is 0.872 e. The summed E-state index contributed by atoms with van der Waals surface area (Å²) in [4.78, 5) is 29.4. The van der Waals surface area contributed by atoms with Crippen molar-refractivity contribution in [3.8, 4) is 17.2 Å². The molecule has 0 saturated carbocycles. The quantitative estimate of drug-likeness (QED) is 0.284. The Hall–Kier alpha value is -3.56. The van der Waals surface area contributed by atoms with Crippen LogP contribution in [0.1, 0.15) is 31.0 Å². The van der Waals surface area contributed by atoms with Crippen LogP contribution in [0.15, 0.2) is 48.0 Å². The van der Waals surface area contributed by atoms with Gasteiger partial charge < -0.3 is 33.9 Å². The number of methoxy groups -OCH3 is 1. The topological polar surface area (TPSA) is 102 Å². The number of hydrogen-bond acceptors (Lipinski definition) is 7.